The molecule has 0 bridgehead atoms. The Balaban J connectivity index is 1.90. The molecule has 0 unspecified atom stereocenters. The number of hydrogen-bond acceptors (Lipinski definition) is 6. The van der Waals surface area contributed by atoms with E-state index >= 15 is 0 Å². The Kier molecular flexibility index (Phi) is 6.95. The zero-order valence-electron chi connectivity index (χ0n) is 17.6. The molecule has 158 valence electrons. The normalized spacial score (nSPS) is 10.4. The molecule has 0 spiro atoms. The van der Waals surface area contributed by atoms with Gasteiger partial charge in [-0.05, 0) is 63.4 Å². The molecular formula is C25H23NO5. The number of likely N-dealkylation sites (N-methyl/N-ethyl adjacent to an activating group) is 1. The van der Waals surface area contributed by atoms with Crippen LogP contribution in [-0.2, 0) is 0 Å². The molecule has 0 saturated carbocycles. The molecule has 3 aromatic rings. The van der Waals surface area contributed by atoms with Crippen LogP contribution in [0.1, 0.15) is 42.2 Å². The highest BCUT2D eigenvalue weighted by Gasteiger charge is 2.18. The molecule has 6 nitrogen and oxygen atoms in total. The number of esters is 2. The van der Waals surface area contributed by atoms with Crippen LogP contribution >= 0.6 is 0 Å². The first-order valence-corrected chi connectivity index (χ1v) is 9.77. The number of ketones is 1. The second-order valence-corrected chi connectivity index (χ2v) is 7.13. The molecule has 0 amide bonds. The lowest BCUT2D eigenvalue weighted by Crippen LogP contribution is -2.19. The van der Waals surface area contributed by atoms with Gasteiger partial charge in [0.15, 0.2) is 17.3 Å². The zero-order chi connectivity index (χ0) is 22.4. The fourth-order valence-electron chi connectivity index (χ4n) is 2.81. The lowest BCUT2D eigenvalue weighted by molar-refractivity contribution is 0.0682. The summed E-state index contributed by atoms with van der Waals surface area (Å²) in [4.78, 5) is 37.4. The topological polar surface area (TPSA) is 81.7 Å². The largest absolute Gasteiger partial charge is 0.419 e. The molecule has 0 aliphatic rings. The number of ether oxygens (including phenoxy) is 2. The maximum atomic E-state index is 12.6. The van der Waals surface area contributed by atoms with Gasteiger partial charge >= 0.3 is 11.9 Å². The highest BCUT2D eigenvalue weighted by atomic mass is 16.6. The van der Waals surface area contributed by atoms with Crippen molar-refractivity contribution in [3.8, 4) is 11.5 Å². The summed E-state index contributed by atoms with van der Waals surface area (Å²) in [5.41, 5.74) is 3.04. The van der Waals surface area contributed by atoms with Crippen molar-refractivity contribution in [3.63, 3.8) is 0 Å². The number of carbonyl (C=O) groups is 3. The molecule has 0 aromatic heterocycles. The molecule has 0 heterocycles. The monoisotopic (exact) mass is 417 g/mol. The smallest absolute Gasteiger partial charge is 0.343 e. The second-order valence-electron chi connectivity index (χ2n) is 7.13. The molecule has 31 heavy (non-hydrogen) atoms. The van der Waals surface area contributed by atoms with Crippen molar-refractivity contribution in [2.75, 3.05) is 13.6 Å². The number of aryl methyl sites for hydroxylation is 2. The predicted molar refractivity (Wildman–Crippen MR) is 117 cm³/mol. The third-order valence-corrected chi connectivity index (χ3v) is 4.58. The Labute approximate surface area is 180 Å². The Bertz CT molecular complexity index is 1100. The summed E-state index contributed by atoms with van der Waals surface area (Å²) in [6.07, 6.45) is 0. The first kappa shape index (κ1) is 21.9. The van der Waals surface area contributed by atoms with Crippen LogP contribution < -0.4 is 14.8 Å². The predicted octanol–water partition coefficient (Wildman–Crippen LogP) is 4.14. The van der Waals surface area contributed by atoms with Crippen molar-refractivity contribution >= 4 is 17.7 Å². The number of benzene rings is 3. The lowest BCUT2D eigenvalue weighted by Gasteiger charge is -2.12. The summed E-state index contributed by atoms with van der Waals surface area (Å²) < 4.78 is 11.0. The minimum Gasteiger partial charge on any atom is -0.419 e. The van der Waals surface area contributed by atoms with Crippen molar-refractivity contribution in [1.82, 2.24) is 5.32 Å². The Morgan fingerprint density at radius 2 is 1.13 bits per heavy atom. The van der Waals surface area contributed by atoms with E-state index < -0.39 is 11.9 Å². The van der Waals surface area contributed by atoms with Crippen LogP contribution in [0.5, 0.6) is 11.5 Å². The molecule has 0 fully saturated rings. The highest BCUT2D eigenvalue weighted by molar-refractivity contribution is 5.99. The van der Waals surface area contributed by atoms with Gasteiger partial charge in [0.25, 0.3) is 0 Å². The average molecular weight is 417 g/mol. The number of hydrogen-bond donors (Lipinski definition) is 1. The van der Waals surface area contributed by atoms with Gasteiger partial charge in [-0.2, -0.15) is 0 Å². The highest BCUT2D eigenvalue weighted by Crippen LogP contribution is 2.30. The minimum absolute atomic E-state index is 0.00649. The van der Waals surface area contributed by atoms with E-state index in [1.165, 1.54) is 18.2 Å². The molecule has 0 atom stereocenters. The molecule has 0 aliphatic heterocycles. The number of Topliss-reactive ketones (excluding diaryl/α,β-unsaturated/α-hetero) is 1. The Morgan fingerprint density at radius 1 is 0.677 bits per heavy atom. The van der Waals surface area contributed by atoms with Gasteiger partial charge in [0, 0.05) is 5.56 Å². The van der Waals surface area contributed by atoms with Crippen molar-refractivity contribution in [3.05, 3.63) is 94.5 Å². The molecule has 0 radical (unpaired) electrons. The Morgan fingerprint density at radius 3 is 1.61 bits per heavy atom. The number of nitrogens with one attached hydrogen (secondary N) is 1. The number of carbonyl (C=O) groups excluding carboxylic acids is 3. The molecular weight excluding hydrogens is 394 g/mol. The molecule has 3 rings (SSSR count). The molecule has 6 heteroatoms. The summed E-state index contributed by atoms with van der Waals surface area (Å²) in [5, 5.41) is 2.79. The summed E-state index contributed by atoms with van der Waals surface area (Å²) in [6.45, 7) is 3.95. The zero-order valence-corrected chi connectivity index (χ0v) is 17.6. The van der Waals surface area contributed by atoms with Crippen molar-refractivity contribution < 1.29 is 23.9 Å². The third kappa shape index (κ3) is 5.65. The van der Waals surface area contributed by atoms with E-state index in [-0.39, 0.29) is 23.8 Å². The van der Waals surface area contributed by atoms with Crippen molar-refractivity contribution in [2.24, 2.45) is 0 Å². The van der Waals surface area contributed by atoms with E-state index in [4.69, 9.17) is 9.47 Å². The van der Waals surface area contributed by atoms with Crippen LogP contribution in [0, 0.1) is 13.8 Å². The van der Waals surface area contributed by atoms with Gasteiger partial charge in [-0.15, -0.1) is 0 Å². The van der Waals surface area contributed by atoms with E-state index in [2.05, 4.69) is 5.32 Å². The SMILES string of the molecule is CNCC(=O)c1ccc(OC(=O)c2ccc(C)cc2)c(OC(=O)c2ccc(C)cc2)c1. The van der Waals surface area contributed by atoms with Crippen LogP contribution in [0.2, 0.25) is 0 Å². The average Bonchev–Trinajstić information content (AvgIpc) is 2.76. The lowest BCUT2D eigenvalue weighted by atomic mass is 10.1. The first-order valence-electron chi connectivity index (χ1n) is 9.77. The van der Waals surface area contributed by atoms with E-state index in [1.807, 2.05) is 13.8 Å². The van der Waals surface area contributed by atoms with Crippen LogP contribution in [0.15, 0.2) is 66.7 Å². The summed E-state index contributed by atoms with van der Waals surface area (Å²) in [7, 11) is 1.66. The fraction of sp³-hybridized carbons (Fsp3) is 0.160. The van der Waals surface area contributed by atoms with E-state index in [0.717, 1.165) is 11.1 Å². The van der Waals surface area contributed by atoms with Gasteiger partial charge in [-0.3, -0.25) is 4.79 Å². The maximum Gasteiger partial charge on any atom is 0.343 e. The quantitative estimate of drug-likeness (QED) is 0.353. The van der Waals surface area contributed by atoms with Crippen molar-refractivity contribution in [2.45, 2.75) is 13.8 Å². The van der Waals surface area contributed by atoms with E-state index in [1.54, 1.807) is 55.6 Å². The summed E-state index contributed by atoms with van der Waals surface area (Å²) in [5.74, 6) is -1.36. The Hall–Kier alpha value is -3.77. The first-order chi connectivity index (χ1) is 14.9. The number of rotatable bonds is 7. The molecule has 0 aliphatic carbocycles. The van der Waals surface area contributed by atoms with Gasteiger partial charge < -0.3 is 14.8 Å². The molecule has 0 saturated heterocycles. The van der Waals surface area contributed by atoms with Crippen LogP contribution in [0.4, 0.5) is 0 Å². The van der Waals surface area contributed by atoms with Crippen molar-refractivity contribution in [1.29, 1.82) is 0 Å². The van der Waals surface area contributed by atoms with Crippen LogP contribution in [0.25, 0.3) is 0 Å². The third-order valence-electron chi connectivity index (χ3n) is 4.58. The van der Waals surface area contributed by atoms with E-state index in [0.29, 0.717) is 16.7 Å². The van der Waals surface area contributed by atoms with Gasteiger partial charge in [0.2, 0.25) is 0 Å². The van der Waals surface area contributed by atoms with Gasteiger partial charge in [0.05, 0.1) is 17.7 Å². The van der Waals surface area contributed by atoms with Crippen LogP contribution in [0.3, 0.4) is 0 Å². The molecule has 1 N–H and O–H groups in total. The maximum absolute atomic E-state index is 12.6. The van der Waals surface area contributed by atoms with Gasteiger partial charge in [-0.1, -0.05) is 35.4 Å². The molecule has 3 aromatic carbocycles. The summed E-state index contributed by atoms with van der Waals surface area (Å²) >= 11 is 0. The summed E-state index contributed by atoms with van der Waals surface area (Å²) in [6, 6.07) is 18.2. The van der Waals surface area contributed by atoms with Gasteiger partial charge in [0.1, 0.15) is 0 Å². The van der Waals surface area contributed by atoms with Crippen LogP contribution in [-0.4, -0.2) is 31.3 Å². The standard InChI is InChI=1S/C25H23NO5/c1-16-4-8-18(9-5-16)24(28)30-22-13-12-20(21(27)15-26-3)14-23(22)31-25(29)19-10-6-17(2)7-11-19/h4-14,26H,15H2,1-3H3. The van der Waals surface area contributed by atoms with Gasteiger partial charge in [-0.25, -0.2) is 9.59 Å². The minimum atomic E-state index is -0.620. The fourth-order valence-corrected chi connectivity index (χ4v) is 2.81. The van der Waals surface area contributed by atoms with E-state index in [9.17, 15) is 14.4 Å². The second kappa shape index (κ2) is 9.82.